The normalized spacial score (nSPS) is 13.8. The largest absolute Gasteiger partial charge is 0.462 e. The van der Waals surface area contributed by atoms with E-state index in [0.717, 1.165) is 29.7 Å². The Hall–Kier alpha value is -5.52. The van der Waals surface area contributed by atoms with Crippen molar-refractivity contribution in [2.45, 2.75) is 37.0 Å². The van der Waals surface area contributed by atoms with Gasteiger partial charge in [0.2, 0.25) is 5.91 Å². The maximum atomic E-state index is 14.5. The van der Waals surface area contributed by atoms with Gasteiger partial charge in [-0.25, -0.2) is 9.18 Å². The Balaban J connectivity index is 1.13. The van der Waals surface area contributed by atoms with Crippen molar-refractivity contribution >= 4 is 63.6 Å². The number of rotatable bonds is 12. The predicted molar refractivity (Wildman–Crippen MR) is 204 cm³/mol. The van der Waals surface area contributed by atoms with E-state index < -0.39 is 23.6 Å². The number of halogens is 1. The summed E-state index contributed by atoms with van der Waals surface area (Å²) < 4.78 is 19.9. The highest BCUT2D eigenvalue weighted by atomic mass is 32.2. The maximum Gasteiger partial charge on any atom is 0.341 e. The summed E-state index contributed by atoms with van der Waals surface area (Å²) in [4.78, 5) is 54.5. The number of carbonyl (C=O) groups is 4. The van der Waals surface area contributed by atoms with Gasteiger partial charge in [0.1, 0.15) is 16.5 Å². The number of thioether (sulfide) groups is 1. The van der Waals surface area contributed by atoms with Crippen LogP contribution >= 0.6 is 23.1 Å². The van der Waals surface area contributed by atoms with E-state index >= 15 is 0 Å². The lowest BCUT2D eigenvalue weighted by molar-refractivity contribution is -0.114. The van der Waals surface area contributed by atoms with Crippen molar-refractivity contribution in [2.24, 2.45) is 0 Å². The first-order valence-electron chi connectivity index (χ1n) is 16.8. The number of thiophene rings is 1. The van der Waals surface area contributed by atoms with Crippen molar-refractivity contribution in [2.75, 3.05) is 23.0 Å². The highest BCUT2D eigenvalue weighted by molar-refractivity contribution is 8.00. The number of ether oxygens (including phenoxy) is 1. The average molecular weight is 734 g/mol. The van der Waals surface area contributed by atoms with E-state index in [1.54, 1.807) is 67.6 Å². The molecule has 264 valence electrons. The van der Waals surface area contributed by atoms with Gasteiger partial charge in [-0.05, 0) is 85.7 Å². The summed E-state index contributed by atoms with van der Waals surface area (Å²) in [6, 6.07) is 31.5. The summed E-state index contributed by atoms with van der Waals surface area (Å²) in [5.41, 5.74) is 3.37. The minimum Gasteiger partial charge on any atom is -0.462 e. The molecule has 0 saturated heterocycles. The summed E-state index contributed by atoms with van der Waals surface area (Å²) >= 11 is 2.69. The SMILES string of the molecule is CCOC(=O)c1c(NC(=O)CSc2cccc(NC(=O)/C(=C/c3ccccc3F)NC(=O)c3ccccc3)c2)sc2c1CCC(c1ccccc1)C2. The molecule has 3 N–H and O–H groups in total. The zero-order chi connectivity index (χ0) is 36.5. The van der Waals surface area contributed by atoms with Crippen LogP contribution in [0.4, 0.5) is 15.1 Å². The molecule has 1 aliphatic rings. The molecule has 0 spiro atoms. The van der Waals surface area contributed by atoms with Crippen LogP contribution in [0, 0.1) is 5.82 Å². The van der Waals surface area contributed by atoms with Gasteiger partial charge in [-0.2, -0.15) is 0 Å². The van der Waals surface area contributed by atoms with E-state index in [1.165, 1.54) is 52.9 Å². The number of amides is 3. The summed E-state index contributed by atoms with van der Waals surface area (Å²) in [5.74, 6) is -2.08. The molecule has 1 heterocycles. The Bertz CT molecular complexity index is 2120. The van der Waals surface area contributed by atoms with Crippen LogP contribution in [0.15, 0.2) is 120 Å². The molecule has 0 aliphatic heterocycles. The van der Waals surface area contributed by atoms with Gasteiger partial charge in [-0.1, -0.05) is 72.8 Å². The van der Waals surface area contributed by atoms with E-state index in [1.807, 2.05) is 18.2 Å². The van der Waals surface area contributed by atoms with E-state index in [9.17, 15) is 23.6 Å². The Morgan fingerprint density at radius 2 is 1.63 bits per heavy atom. The molecule has 6 rings (SSSR count). The first kappa shape index (κ1) is 36.3. The number of esters is 1. The van der Waals surface area contributed by atoms with E-state index in [2.05, 4.69) is 28.1 Å². The highest BCUT2D eigenvalue weighted by Gasteiger charge is 2.31. The maximum absolute atomic E-state index is 14.5. The first-order chi connectivity index (χ1) is 25.3. The van der Waals surface area contributed by atoms with Gasteiger partial charge < -0.3 is 20.7 Å². The number of nitrogens with one attached hydrogen (secondary N) is 3. The summed E-state index contributed by atoms with van der Waals surface area (Å²) in [5, 5.41) is 8.84. The fourth-order valence-corrected chi connectivity index (χ4v) is 8.05. The van der Waals surface area contributed by atoms with Crippen LogP contribution in [0.3, 0.4) is 0 Å². The van der Waals surface area contributed by atoms with Gasteiger partial charge in [0, 0.05) is 26.6 Å². The number of hydrogen-bond acceptors (Lipinski definition) is 7. The van der Waals surface area contributed by atoms with Crippen molar-refractivity contribution < 1.29 is 28.3 Å². The quantitative estimate of drug-likeness (QED) is 0.0674. The molecule has 1 unspecified atom stereocenters. The smallest absolute Gasteiger partial charge is 0.341 e. The Morgan fingerprint density at radius 3 is 2.38 bits per heavy atom. The molecule has 4 aromatic carbocycles. The predicted octanol–water partition coefficient (Wildman–Crippen LogP) is 8.48. The molecule has 0 saturated carbocycles. The van der Waals surface area contributed by atoms with E-state index in [0.29, 0.717) is 32.6 Å². The molecule has 1 atom stereocenters. The fraction of sp³-hybridized carbons (Fsp3) is 0.171. The molecule has 11 heteroatoms. The zero-order valence-electron chi connectivity index (χ0n) is 28.3. The van der Waals surface area contributed by atoms with Crippen LogP contribution in [0.5, 0.6) is 0 Å². The number of hydrogen-bond donors (Lipinski definition) is 3. The topological polar surface area (TPSA) is 114 Å². The molecular weight excluding hydrogens is 698 g/mol. The molecule has 5 aromatic rings. The molecule has 1 aliphatic carbocycles. The second-order valence-electron chi connectivity index (χ2n) is 12.0. The third-order valence-corrected chi connectivity index (χ3v) is 10.6. The number of benzene rings is 4. The lowest BCUT2D eigenvalue weighted by atomic mass is 9.83. The molecule has 8 nitrogen and oxygen atoms in total. The van der Waals surface area contributed by atoms with Gasteiger partial charge in [-0.15, -0.1) is 23.1 Å². The number of anilines is 2. The van der Waals surface area contributed by atoms with E-state index in [4.69, 9.17) is 4.74 Å². The minimum absolute atomic E-state index is 0.0421. The van der Waals surface area contributed by atoms with Crippen LogP contribution in [-0.2, 0) is 27.2 Å². The molecule has 0 radical (unpaired) electrons. The van der Waals surface area contributed by atoms with Crippen molar-refractivity contribution in [1.29, 1.82) is 0 Å². The van der Waals surface area contributed by atoms with Crippen molar-refractivity contribution in [3.8, 4) is 0 Å². The Labute approximate surface area is 309 Å². The molecule has 52 heavy (non-hydrogen) atoms. The van der Waals surface area contributed by atoms with Crippen LogP contribution < -0.4 is 16.0 Å². The molecule has 3 amide bonds. The van der Waals surface area contributed by atoms with Crippen LogP contribution in [0.2, 0.25) is 0 Å². The highest BCUT2D eigenvalue weighted by Crippen LogP contribution is 2.43. The van der Waals surface area contributed by atoms with Crippen molar-refractivity contribution in [3.05, 3.63) is 153 Å². The summed E-state index contributed by atoms with van der Waals surface area (Å²) in [6.45, 7) is 1.99. The monoisotopic (exact) mass is 733 g/mol. The van der Waals surface area contributed by atoms with Crippen molar-refractivity contribution in [1.82, 2.24) is 5.32 Å². The molecule has 0 fully saturated rings. The standard InChI is InChI=1S/C41H36FN3O5S2/c1-2-50-41(49)37-32-21-20-28(26-12-5-3-6-13-26)23-35(32)52-40(37)45-36(46)25-51-31-18-11-17-30(24-31)43-39(48)34(22-29-16-9-10-19-33(29)42)44-38(47)27-14-7-4-8-15-27/h3-19,22,24,28H,2,20-21,23,25H2,1H3,(H,43,48)(H,44,47)(H,45,46)/b34-22-. The van der Waals surface area contributed by atoms with Gasteiger partial charge >= 0.3 is 5.97 Å². The van der Waals surface area contributed by atoms with Crippen LogP contribution in [0.25, 0.3) is 6.08 Å². The zero-order valence-corrected chi connectivity index (χ0v) is 30.0. The average Bonchev–Trinajstić information content (AvgIpc) is 3.52. The van der Waals surface area contributed by atoms with Crippen LogP contribution in [0.1, 0.15) is 61.5 Å². The van der Waals surface area contributed by atoms with Gasteiger partial charge in [-0.3, -0.25) is 14.4 Å². The van der Waals surface area contributed by atoms with Gasteiger partial charge in [0.05, 0.1) is 17.9 Å². The number of carbonyl (C=O) groups excluding carboxylic acids is 4. The Kier molecular flexibility index (Phi) is 11.9. The summed E-state index contributed by atoms with van der Waals surface area (Å²) in [7, 11) is 0. The van der Waals surface area contributed by atoms with Crippen LogP contribution in [-0.4, -0.2) is 36.1 Å². The minimum atomic E-state index is -0.657. The second kappa shape index (κ2) is 17.1. The van der Waals surface area contributed by atoms with Gasteiger partial charge in [0.25, 0.3) is 11.8 Å². The first-order valence-corrected chi connectivity index (χ1v) is 18.6. The number of fused-ring (bicyclic) bond motifs is 1. The molecule has 0 bridgehead atoms. The Morgan fingerprint density at radius 1 is 0.904 bits per heavy atom. The second-order valence-corrected chi connectivity index (χ2v) is 14.2. The molecular formula is C41H36FN3O5S2. The third-order valence-electron chi connectivity index (χ3n) is 8.46. The lowest BCUT2D eigenvalue weighted by Crippen LogP contribution is -2.30. The molecule has 1 aromatic heterocycles. The van der Waals surface area contributed by atoms with Gasteiger partial charge in [0.15, 0.2) is 0 Å². The fourth-order valence-electron chi connectivity index (χ4n) is 5.97. The van der Waals surface area contributed by atoms with Crippen molar-refractivity contribution in [3.63, 3.8) is 0 Å². The third kappa shape index (κ3) is 9.03. The summed E-state index contributed by atoms with van der Waals surface area (Å²) in [6.07, 6.45) is 3.68. The lowest BCUT2D eigenvalue weighted by Gasteiger charge is -2.23. The van der Waals surface area contributed by atoms with E-state index in [-0.39, 0.29) is 29.5 Å².